The molecule has 0 aliphatic rings. The molecule has 0 spiro atoms. The monoisotopic (exact) mass is 176 g/mol. The summed E-state index contributed by atoms with van der Waals surface area (Å²) < 4.78 is 0. The van der Waals surface area contributed by atoms with Crippen molar-refractivity contribution < 1.29 is 15.0 Å². The minimum absolute atomic E-state index is 0.0281. The van der Waals surface area contributed by atoms with Gasteiger partial charge in [-0.15, -0.1) is 0 Å². The third kappa shape index (κ3) is 4.27. The molecule has 5 N–H and O–H groups in total. The second kappa shape index (κ2) is 5.93. The van der Waals surface area contributed by atoms with Gasteiger partial charge in [0.05, 0.1) is 0 Å². The number of carbonyl (C=O) groups is 1. The number of nitrogens with one attached hydrogen (secondary N) is 1. The molecule has 0 aromatic carbocycles. The van der Waals surface area contributed by atoms with Crippen LogP contribution in [0.4, 0.5) is 0 Å². The predicted octanol–water partition coefficient (Wildman–Crippen LogP) is -1.24. The number of nitrogens with two attached hydrogens (primary N) is 1. The first kappa shape index (κ1) is 11.4. The summed E-state index contributed by atoms with van der Waals surface area (Å²) in [7, 11) is 0. The van der Waals surface area contributed by atoms with Gasteiger partial charge in [0.1, 0.15) is 6.04 Å². The van der Waals surface area contributed by atoms with E-state index in [2.05, 4.69) is 5.32 Å². The van der Waals surface area contributed by atoms with Crippen molar-refractivity contribution in [2.24, 2.45) is 5.73 Å². The molecule has 0 aromatic heterocycles. The molecule has 2 unspecified atom stereocenters. The summed E-state index contributed by atoms with van der Waals surface area (Å²) >= 11 is 0. The van der Waals surface area contributed by atoms with E-state index in [1.165, 1.54) is 0 Å². The van der Waals surface area contributed by atoms with Gasteiger partial charge >= 0.3 is 5.97 Å². The van der Waals surface area contributed by atoms with Crippen molar-refractivity contribution in [3.63, 3.8) is 0 Å². The molecule has 0 saturated heterocycles. The Labute approximate surface area is 71.6 Å². The van der Waals surface area contributed by atoms with Crippen LogP contribution in [0.2, 0.25) is 0 Å². The highest BCUT2D eigenvalue weighted by Gasteiger charge is 2.16. The highest BCUT2D eigenvalue weighted by atomic mass is 16.4. The summed E-state index contributed by atoms with van der Waals surface area (Å²) in [5.74, 6) is -0.956. The fourth-order valence-electron chi connectivity index (χ4n) is 0.861. The lowest BCUT2D eigenvalue weighted by Crippen LogP contribution is -2.47. The van der Waals surface area contributed by atoms with Crippen molar-refractivity contribution in [1.82, 2.24) is 5.32 Å². The first-order valence-electron chi connectivity index (χ1n) is 3.91. The number of aliphatic carboxylic acids is 1. The summed E-state index contributed by atoms with van der Waals surface area (Å²) in [6, 6.07) is -0.744. The summed E-state index contributed by atoms with van der Waals surface area (Å²) in [5, 5.41) is 19.9. The molecule has 0 bridgehead atoms. The normalized spacial score (nSPS) is 15.6. The first-order chi connectivity index (χ1) is 5.61. The van der Waals surface area contributed by atoms with Crippen molar-refractivity contribution in [2.75, 3.05) is 13.2 Å². The standard InChI is InChI=1S/C7H16N2O3/c1-5(2-3-10)9-6(4-8)7(11)12/h5-6,9-10H,2-4,8H2,1H3,(H,11,12). The number of aliphatic hydroxyl groups is 1. The minimum atomic E-state index is -0.956. The van der Waals surface area contributed by atoms with Crippen LogP contribution in [0.3, 0.4) is 0 Å². The van der Waals surface area contributed by atoms with E-state index in [0.717, 1.165) is 0 Å². The van der Waals surface area contributed by atoms with Crippen LogP contribution < -0.4 is 11.1 Å². The van der Waals surface area contributed by atoms with Crippen molar-refractivity contribution in [3.8, 4) is 0 Å². The van der Waals surface area contributed by atoms with E-state index in [0.29, 0.717) is 6.42 Å². The van der Waals surface area contributed by atoms with E-state index >= 15 is 0 Å². The Balaban J connectivity index is 3.77. The van der Waals surface area contributed by atoms with Crippen LogP contribution in [-0.2, 0) is 4.79 Å². The van der Waals surface area contributed by atoms with Gasteiger partial charge in [-0.1, -0.05) is 0 Å². The largest absolute Gasteiger partial charge is 0.480 e. The molecule has 5 nitrogen and oxygen atoms in total. The number of hydrogen-bond acceptors (Lipinski definition) is 4. The van der Waals surface area contributed by atoms with E-state index in [9.17, 15) is 4.79 Å². The Hall–Kier alpha value is -0.650. The fourth-order valence-corrected chi connectivity index (χ4v) is 0.861. The molecule has 12 heavy (non-hydrogen) atoms. The number of aliphatic hydroxyl groups excluding tert-OH is 1. The third-order valence-electron chi connectivity index (χ3n) is 1.58. The molecule has 72 valence electrons. The second-order valence-corrected chi connectivity index (χ2v) is 2.71. The zero-order valence-corrected chi connectivity index (χ0v) is 7.16. The molecule has 0 aliphatic carbocycles. The molecule has 0 saturated carbocycles. The van der Waals surface area contributed by atoms with Gasteiger partial charge in [0.25, 0.3) is 0 Å². The van der Waals surface area contributed by atoms with Gasteiger partial charge in [-0.25, -0.2) is 0 Å². The summed E-state index contributed by atoms with van der Waals surface area (Å²) in [4.78, 5) is 10.5. The van der Waals surface area contributed by atoms with E-state index in [1.807, 2.05) is 6.92 Å². The van der Waals surface area contributed by atoms with Crippen LogP contribution in [0.15, 0.2) is 0 Å². The number of carboxylic acid groups (broad SMARTS) is 1. The van der Waals surface area contributed by atoms with Gasteiger partial charge in [-0.3, -0.25) is 4.79 Å². The van der Waals surface area contributed by atoms with Crippen LogP contribution in [0.1, 0.15) is 13.3 Å². The molecule has 0 rings (SSSR count). The van der Waals surface area contributed by atoms with Gasteiger partial charge < -0.3 is 21.3 Å². The molecular weight excluding hydrogens is 160 g/mol. The number of hydrogen-bond donors (Lipinski definition) is 4. The topological polar surface area (TPSA) is 95.6 Å². The van der Waals surface area contributed by atoms with Crippen molar-refractivity contribution in [3.05, 3.63) is 0 Å². The molecule has 0 aliphatic heterocycles. The number of carboxylic acids is 1. The van der Waals surface area contributed by atoms with Gasteiger partial charge in [0.2, 0.25) is 0 Å². The molecule has 2 atom stereocenters. The van der Waals surface area contributed by atoms with E-state index in [1.54, 1.807) is 0 Å². The van der Waals surface area contributed by atoms with Crippen LogP contribution in [0, 0.1) is 0 Å². The lowest BCUT2D eigenvalue weighted by Gasteiger charge is -2.17. The van der Waals surface area contributed by atoms with Gasteiger partial charge in [0.15, 0.2) is 0 Å². The molecule has 0 heterocycles. The molecule has 0 aromatic rings. The average Bonchev–Trinajstić information content (AvgIpc) is 2.00. The maximum Gasteiger partial charge on any atom is 0.322 e. The van der Waals surface area contributed by atoms with E-state index in [4.69, 9.17) is 15.9 Å². The zero-order chi connectivity index (χ0) is 9.56. The van der Waals surface area contributed by atoms with Gasteiger partial charge in [-0.2, -0.15) is 0 Å². The third-order valence-corrected chi connectivity index (χ3v) is 1.58. The Bertz CT molecular complexity index is 141. The van der Waals surface area contributed by atoms with Crippen LogP contribution >= 0.6 is 0 Å². The Morgan fingerprint density at radius 2 is 2.25 bits per heavy atom. The smallest absolute Gasteiger partial charge is 0.322 e. The highest BCUT2D eigenvalue weighted by Crippen LogP contribution is 1.91. The quantitative estimate of drug-likeness (QED) is 0.406. The summed E-state index contributed by atoms with van der Waals surface area (Å²) in [6.45, 7) is 1.91. The van der Waals surface area contributed by atoms with Crippen molar-refractivity contribution in [2.45, 2.75) is 25.4 Å². The van der Waals surface area contributed by atoms with Crippen LogP contribution in [0.5, 0.6) is 0 Å². The lowest BCUT2D eigenvalue weighted by atomic mass is 10.2. The summed E-state index contributed by atoms with van der Waals surface area (Å²) in [6.07, 6.45) is 0.532. The predicted molar refractivity (Wildman–Crippen MR) is 44.8 cm³/mol. The molecule has 5 heteroatoms. The highest BCUT2D eigenvalue weighted by molar-refractivity contribution is 5.73. The Morgan fingerprint density at radius 3 is 2.58 bits per heavy atom. The maximum absolute atomic E-state index is 10.5. The van der Waals surface area contributed by atoms with Gasteiger partial charge in [-0.05, 0) is 13.3 Å². The SMILES string of the molecule is CC(CCO)NC(CN)C(=O)O. The molecular formula is C7H16N2O3. The number of rotatable bonds is 6. The molecule has 0 fully saturated rings. The molecule has 0 radical (unpaired) electrons. The van der Waals surface area contributed by atoms with E-state index in [-0.39, 0.29) is 19.2 Å². The average molecular weight is 176 g/mol. The Morgan fingerprint density at radius 1 is 1.67 bits per heavy atom. The van der Waals surface area contributed by atoms with E-state index < -0.39 is 12.0 Å². The van der Waals surface area contributed by atoms with Crippen molar-refractivity contribution in [1.29, 1.82) is 0 Å². The fraction of sp³-hybridized carbons (Fsp3) is 0.857. The first-order valence-corrected chi connectivity index (χ1v) is 3.91. The summed E-state index contributed by atoms with van der Waals surface area (Å²) in [5.41, 5.74) is 5.21. The minimum Gasteiger partial charge on any atom is -0.480 e. The van der Waals surface area contributed by atoms with Crippen LogP contribution in [0.25, 0.3) is 0 Å². The van der Waals surface area contributed by atoms with Crippen LogP contribution in [-0.4, -0.2) is 41.4 Å². The lowest BCUT2D eigenvalue weighted by molar-refractivity contribution is -0.139. The Kier molecular flexibility index (Phi) is 5.61. The van der Waals surface area contributed by atoms with Gasteiger partial charge in [0, 0.05) is 19.2 Å². The second-order valence-electron chi connectivity index (χ2n) is 2.71. The molecule has 0 amide bonds. The van der Waals surface area contributed by atoms with Crippen molar-refractivity contribution >= 4 is 5.97 Å². The maximum atomic E-state index is 10.5. The zero-order valence-electron chi connectivity index (χ0n) is 7.16.